The molecule has 1 saturated carbocycles. The van der Waals surface area contributed by atoms with E-state index in [0.29, 0.717) is 0 Å². The van der Waals surface area contributed by atoms with E-state index in [9.17, 15) is 0 Å². The van der Waals surface area contributed by atoms with Crippen LogP contribution in [0.3, 0.4) is 0 Å². The van der Waals surface area contributed by atoms with Crippen LogP contribution in [0.15, 0.2) is 0 Å². The smallest absolute Gasteiger partial charge is 0.000671 e. The van der Waals surface area contributed by atoms with E-state index in [1.165, 1.54) is 51.6 Å². The number of nitrogens with zero attached hydrogens (tertiary/aromatic N) is 1. The molecule has 2 atom stereocenters. The molecular formula is C13H27N. The van der Waals surface area contributed by atoms with Crippen molar-refractivity contribution in [3.05, 3.63) is 0 Å². The van der Waals surface area contributed by atoms with Crippen molar-refractivity contribution in [2.45, 2.75) is 52.4 Å². The molecule has 1 rings (SSSR count). The zero-order valence-electron chi connectivity index (χ0n) is 10.3. The summed E-state index contributed by atoms with van der Waals surface area (Å²) in [4.78, 5) is 2.53. The molecule has 14 heavy (non-hydrogen) atoms. The highest BCUT2D eigenvalue weighted by molar-refractivity contribution is 4.72. The zero-order chi connectivity index (χ0) is 10.4. The Morgan fingerprint density at radius 1 is 1.29 bits per heavy atom. The molecule has 1 aliphatic carbocycles. The van der Waals surface area contributed by atoms with Crippen molar-refractivity contribution < 1.29 is 0 Å². The van der Waals surface area contributed by atoms with Gasteiger partial charge >= 0.3 is 0 Å². The van der Waals surface area contributed by atoms with Gasteiger partial charge in [-0.15, -0.1) is 0 Å². The standard InChI is InChI=1S/C13H27N/c1-4-5-9-14(3)11-13-8-6-7-12(2)10-13/h12-13H,4-11H2,1-3H3. The van der Waals surface area contributed by atoms with Crippen LogP contribution in [0.4, 0.5) is 0 Å². The lowest BCUT2D eigenvalue weighted by molar-refractivity contribution is 0.202. The number of unbranched alkanes of at least 4 members (excludes halogenated alkanes) is 1. The molecule has 1 fully saturated rings. The summed E-state index contributed by atoms with van der Waals surface area (Å²) in [5.41, 5.74) is 0. The monoisotopic (exact) mass is 197 g/mol. The molecule has 0 radical (unpaired) electrons. The Hall–Kier alpha value is -0.0400. The van der Waals surface area contributed by atoms with E-state index in [-0.39, 0.29) is 0 Å². The third kappa shape index (κ3) is 4.45. The first kappa shape index (κ1) is 12.0. The van der Waals surface area contributed by atoms with Gasteiger partial charge in [-0.2, -0.15) is 0 Å². The van der Waals surface area contributed by atoms with Gasteiger partial charge in [-0.25, -0.2) is 0 Å². The normalized spacial score (nSPS) is 28.3. The SMILES string of the molecule is CCCCN(C)CC1CCCC(C)C1. The second kappa shape index (κ2) is 6.44. The molecule has 0 aromatic carbocycles. The maximum absolute atomic E-state index is 2.53. The molecule has 0 amide bonds. The van der Waals surface area contributed by atoms with Gasteiger partial charge in [0.05, 0.1) is 0 Å². The Labute approximate surface area is 89.9 Å². The summed E-state index contributed by atoms with van der Waals surface area (Å²) < 4.78 is 0. The van der Waals surface area contributed by atoms with Crippen molar-refractivity contribution in [2.75, 3.05) is 20.1 Å². The van der Waals surface area contributed by atoms with Gasteiger partial charge in [-0.3, -0.25) is 0 Å². The molecule has 0 saturated heterocycles. The van der Waals surface area contributed by atoms with Crippen LogP contribution in [0, 0.1) is 11.8 Å². The Balaban J connectivity index is 2.15. The van der Waals surface area contributed by atoms with Crippen molar-refractivity contribution in [2.24, 2.45) is 11.8 Å². The van der Waals surface area contributed by atoms with Crippen LogP contribution < -0.4 is 0 Å². The van der Waals surface area contributed by atoms with Crippen molar-refractivity contribution in [3.63, 3.8) is 0 Å². The molecular weight excluding hydrogens is 170 g/mol. The highest BCUT2D eigenvalue weighted by atomic mass is 15.1. The molecule has 0 aromatic heterocycles. The molecule has 1 heteroatoms. The molecule has 0 spiro atoms. The number of hydrogen-bond acceptors (Lipinski definition) is 1. The van der Waals surface area contributed by atoms with E-state index < -0.39 is 0 Å². The van der Waals surface area contributed by atoms with Crippen LogP contribution in [-0.4, -0.2) is 25.0 Å². The maximum atomic E-state index is 2.53. The van der Waals surface area contributed by atoms with Crippen molar-refractivity contribution in [3.8, 4) is 0 Å². The van der Waals surface area contributed by atoms with E-state index >= 15 is 0 Å². The van der Waals surface area contributed by atoms with E-state index in [2.05, 4.69) is 25.8 Å². The van der Waals surface area contributed by atoms with E-state index in [1.54, 1.807) is 0 Å². The lowest BCUT2D eigenvalue weighted by atomic mass is 9.82. The second-order valence-corrected chi connectivity index (χ2v) is 5.25. The first-order valence-corrected chi connectivity index (χ1v) is 6.41. The topological polar surface area (TPSA) is 3.24 Å². The summed E-state index contributed by atoms with van der Waals surface area (Å²) in [6, 6.07) is 0. The molecule has 84 valence electrons. The van der Waals surface area contributed by atoms with Crippen LogP contribution in [-0.2, 0) is 0 Å². The fourth-order valence-electron chi connectivity index (χ4n) is 2.69. The van der Waals surface area contributed by atoms with Crippen LogP contribution >= 0.6 is 0 Å². The molecule has 0 aromatic rings. The first-order chi connectivity index (χ1) is 6.72. The Kier molecular flexibility index (Phi) is 5.54. The molecule has 1 nitrogen and oxygen atoms in total. The van der Waals surface area contributed by atoms with Gasteiger partial charge in [0.25, 0.3) is 0 Å². The van der Waals surface area contributed by atoms with Crippen LogP contribution in [0.25, 0.3) is 0 Å². The van der Waals surface area contributed by atoms with Crippen molar-refractivity contribution >= 4 is 0 Å². The fraction of sp³-hybridized carbons (Fsp3) is 1.00. The fourth-order valence-corrected chi connectivity index (χ4v) is 2.69. The van der Waals surface area contributed by atoms with E-state index in [0.717, 1.165) is 11.8 Å². The lowest BCUT2D eigenvalue weighted by Gasteiger charge is -2.30. The van der Waals surface area contributed by atoms with Gasteiger partial charge in [0.15, 0.2) is 0 Å². The third-order valence-corrected chi connectivity index (χ3v) is 3.51. The molecule has 0 N–H and O–H groups in total. The highest BCUT2D eigenvalue weighted by Gasteiger charge is 2.19. The minimum Gasteiger partial charge on any atom is -0.306 e. The number of rotatable bonds is 5. The first-order valence-electron chi connectivity index (χ1n) is 6.41. The minimum absolute atomic E-state index is 0.980. The summed E-state index contributed by atoms with van der Waals surface area (Å²) >= 11 is 0. The lowest BCUT2D eigenvalue weighted by Crippen LogP contribution is -2.29. The van der Waals surface area contributed by atoms with Crippen LogP contribution in [0.1, 0.15) is 52.4 Å². The number of hydrogen-bond donors (Lipinski definition) is 0. The zero-order valence-corrected chi connectivity index (χ0v) is 10.3. The summed E-state index contributed by atoms with van der Waals surface area (Å²) in [6.07, 6.45) is 8.56. The largest absolute Gasteiger partial charge is 0.306 e. The predicted molar refractivity (Wildman–Crippen MR) is 63.5 cm³/mol. The van der Waals surface area contributed by atoms with Gasteiger partial charge in [0.2, 0.25) is 0 Å². The van der Waals surface area contributed by atoms with Crippen LogP contribution in [0.2, 0.25) is 0 Å². The third-order valence-electron chi connectivity index (χ3n) is 3.51. The quantitative estimate of drug-likeness (QED) is 0.651. The van der Waals surface area contributed by atoms with Crippen LogP contribution in [0.5, 0.6) is 0 Å². The summed E-state index contributed by atoms with van der Waals surface area (Å²) in [7, 11) is 2.29. The van der Waals surface area contributed by atoms with E-state index in [4.69, 9.17) is 0 Å². The van der Waals surface area contributed by atoms with Gasteiger partial charge < -0.3 is 4.90 Å². The van der Waals surface area contributed by atoms with Crippen molar-refractivity contribution in [1.29, 1.82) is 0 Å². The Morgan fingerprint density at radius 2 is 2.07 bits per heavy atom. The van der Waals surface area contributed by atoms with E-state index in [1.807, 2.05) is 0 Å². The minimum atomic E-state index is 0.980. The van der Waals surface area contributed by atoms with Gasteiger partial charge in [-0.05, 0) is 44.7 Å². The average Bonchev–Trinajstić information content (AvgIpc) is 2.15. The van der Waals surface area contributed by atoms with Gasteiger partial charge in [0, 0.05) is 6.54 Å². The molecule has 0 aliphatic heterocycles. The second-order valence-electron chi connectivity index (χ2n) is 5.25. The average molecular weight is 197 g/mol. The molecule has 0 bridgehead atoms. The van der Waals surface area contributed by atoms with Crippen molar-refractivity contribution in [1.82, 2.24) is 4.90 Å². The van der Waals surface area contributed by atoms with Gasteiger partial charge in [-0.1, -0.05) is 33.1 Å². The summed E-state index contributed by atoms with van der Waals surface area (Å²) in [5, 5.41) is 0. The molecule has 1 aliphatic rings. The summed E-state index contributed by atoms with van der Waals surface area (Å²) in [5.74, 6) is 1.97. The molecule has 2 unspecified atom stereocenters. The predicted octanol–water partition coefficient (Wildman–Crippen LogP) is 3.54. The Morgan fingerprint density at radius 3 is 2.71 bits per heavy atom. The van der Waals surface area contributed by atoms with Gasteiger partial charge in [0.1, 0.15) is 0 Å². The maximum Gasteiger partial charge on any atom is 0.000671 e. The molecule has 0 heterocycles. The summed E-state index contributed by atoms with van der Waals surface area (Å²) in [6.45, 7) is 7.32. The Bertz CT molecular complexity index is 144. The highest BCUT2D eigenvalue weighted by Crippen LogP contribution is 2.28.